The van der Waals surface area contributed by atoms with Crippen molar-refractivity contribution in [2.24, 2.45) is 5.92 Å². The molecule has 0 heterocycles. The van der Waals surface area contributed by atoms with Crippen molar-refractivity contribution < 1.29 is 0 Å². The van der Waals surface area contributed by atoms with Gasteiger partial charge in [-0.2, -0.15) is 0 Å². The molecule has 1 heteroatoms. The molecule has 0 aliphatic heterocycles. The lowest BCUT2D eigenvalue weighted by Gasteiger charge is -2.21. The molecular formula is C19H31N. The van der Waals surface area contributed by atoms with Gasteiger partial charge < -0.3 is 5.32 Å². The smallest absolute Gasteiger partial charge is 0.0291 e. The maximum atomic E-state index is 3.68. The summed E-state index contributed by atoms with van der Waals surface area (Å²) in [5.41, 5.74) is 3.07. The average Bonchev–Trinajstić information content (AvgIpc) is 2.91. The van der Waals surface area contributed by atoms with Gasteiger partial charge in [0.2, 0.25) is 0 Å². The molecule has 0 spiro atoms. The molecule has 0 aromatic heterocycles. The lowest BCUT2D eigenvalue weighted by atomic mass is 9.86. The Kier molecular flexibility index (Phi) is 5.26. The van der Waals surface area contributed by atoms with E-state index in [4.69, 9.17) is 0 Å². The zero-order valence-corrected chi connectivity index (χ0v) is 13.7. The minimum atomic E-state index is 0.248. The third kappa shape index (κ3) is 4.34. The van der Waals surface area contributed by atoms with Crippen LogP contribution in [0.3, 0.4) is 0 Å². The molecule has 2 rings (SSSR count). The highest BCUT2D eigenvalue weighted by Gasteiger charge is 2.16. The second-order valence-electron chi connectivity index (χ2n) is 7.49. The SMILES string of the molecule is CC(NCCC1CCCC1)c1ccc(C(C)(C)C)cc1. The van der Waals surface area contributed by atoms with Gasteiger partial charge in [0.1, 0.15) is 0 Å². The van der Waals surface area contributed by atoms with Crippen LogP contribution in [0, 0.1) is 5.92 Å². The van der Waals surface area contributed by atoms with Crippen molar-refractivity contribution in [3.8, 4) is 0 Å². The molecule has 0 bridgehead atoms. The highest BCUT2D eigenvalue weighted by atomic mass is 14.9. The normalized spacial score (nSPS) is 18.4. The first-order valence-corrected chi connectivity index (χ1v) is 8.30. The summed E-state index contributed by atoms with van der Waals surface area (Å²) in [5, 5.41) is 3.68. The molecule has 1 aromatic carbocycles. The summed E-state index contributed by atoms with van der Waals surface area (Å²) < 4.78 is 0. The molecule has 1 atom stereocenters. The summed E-state index contributed by atoms with van der Waals surface area (Å²) in [5.74, 6) is 0.984. The van der Waals surface area contributed by atoms with Crippen LogP contribution < -0.4 is 5.32 Å². The van der Waals surface area contributed by atoms with Gasteiger partial charge in [0.25, 0.3) is 0 Å². The second kappa shape index (κ2) is 6.76. The molecule has 112 valence electrons. The number of hydrogen-bond acceptors (Lipinski definition) is 1. The van der Waals surface area contributed by atoms with Crippen molar-refractivity contribution in [1.82, 2.24) is 5.32 Å². The molecule has 1 nitrogen and oxygen atoms in total. The summed E-state index contributed by atoms with van der Waals surface area (Å²) >= 11 is 0. The number of rotatable bonds is 5. The van der Waals surface area contributed by atoms with E-state index in [0.29, 0.717) is 6.04 Å². The molecule has 1 aromatic rings. The third-order valence-corrected chi connectivity index (χ3v) is 4.75. The van der Waals surface area contributed by atoms with Crippen molar-refractivity contribution in [2.45, 2.75) is 71.3 Å². The van der Waals surface area contributed by atoms with E-state index >= 15 is 0 Å². The maximum absolute atomic E-state index is 3.68. The average molecular weight is 273 g/mol. The van der Waals surface area contributed by atoms with Crippen molar-refractivity contribution >= 4 is 0 Å². The van der Waals surface area contributed by atoms with Gasteiger partial charge in [-0.1, -0.05) is 70.7 Å². The van der Waals surface area contributed by atoms with E-state index in [1.165, 1.54) is 43.2 Å². The summed E-state index contributed by atoms with van der Waals surface area (Å²) in [6.45, 7) is 10.2. The minimum absolute atomic E-state index is 0.248. The molecule has 0 saturated heterocycles. The Balaban J connectivity index is 1.81. The summed E-state index contributed by atoms with van der Waals surface area (Å²) in [4.78, 5) is 0. The monoisotopic (exact) mass is 273 g/mol. The molecule has 1 aliphatic carbocycles. The molecule has 1 fully saturated rings. The first kappa shape index (κ1) is 15.6. The van der Waals surface area contributed by atoms with E-state index in [9.17, 15) is 0 Å². The van der Waals surface area contributed by atoms with Crippen LogP contribution in [0.15, 0.2) is 24.3 Å². The van der Waals surface area contributed by atoms with Crippen molar-refractivity contribution in [1.29, 1.82) is 0 Å². The second-order valence-corrected chi connectivity index (χ2v) is 7.49. The largest absolute Gasteiger partial charge is 0.310 e. The summed E-state index contributed by atoms with van der Waals surface area (Å²) in [6.07, 6.45) is 7.17. The molecule has 1 saturated carbocycles. The Morgan fingerprint density at radius 2 is 1.70 bits per heavy atom. The fraction of sp³-hybridized carbons (Fsp3) is 0.684. The van der Waals surface area contributed by atoms with Crippen LogP contribution in [0.4, 0.5) is 0 Å². The molecule has 0 radical (unpaired) electrons. The van der Waals surface area contributed by atoms with Crippen molar-refractivity contribution in [3.05, 3.63) is 35.4 Å². The Bertz CT molecular complexity index is 393. The van der Waals surface area contributed by atoms with Gasteiger partial charge in [0.15, 0.2) is 0 Å². The maximum Gasteiger partial charge on any atom is 0.0291 e. The lowest BCUT2D eigenvalue weighted by Crippen LogP contribution is -2.21. The lowest BCUT2D eigenvalue weighted by molar-refractivity contribution is 0.455. The summed E-state index contributed by atoms with van der Waals surface area (Å²) in [6, 6.07) is 9.60. The van der Waals surface area contributed by atoms with Gasteiger partial charge in [-0.3, -0.25) is 0 Å². The molecule has 0 amide bonds. The van der Waals surface area contributed by atoms with Gasteiger partial charge in [-0.25, -0.2) is 0 Å². The Morgan fingerprint density at radius 3 is 2.25 bits per heavy atom. The minimum Gasteiger partial charge on any atom is -0.310 e. The van der Waals surface area contributed by atoms with Crippen LogP contribution in [-0.4, -0.2) is 6.54 Å². The summed E-state index contributed by atoms with van der Waals surface area (Å²) in [7, 11) is 0. The standard InChI is InChI=1S/C19H31N/c1-15(20-14-13-16-7-5-6-8-16)17-9-11-18(12-10-17)19(2,3)4/h9-12,15-16,20H,5-8,13-14H2,1-4H3. The van der Waals surface area contributed by atoms with Gasteiger partial charge in [0.05, 0.1) is 0 Å². The molecule has 1 unspecified atom stereocenters. The van der Waals surface area contributed by atoms with Gasteiger partial charge in [0, 0.05) is 6.04 Å². The number of benzene rings is 1. The quantitative estimate of drug-likeness (QED) is 0.776. The van der Waals surface area contributed by atoms with Crippen LogP contribution in [-0.2, 0) is 5.41 Å². The van der Waals surface area contributed by atoms with E-state index in [1.807, 2.05) is 0 Å². The highest BCUT2D eigenvalue weighted by molar-refractivity contribution is 5.28. The zero-order valence-electron chi connectivity index (χ0n) is 13.7. The predicted molar refractivity (Wildman–Crippen MR) is 88.1 cm³/mol. The molecule has 20 heavy (non-hydrogen) atoms. The topological polar surface area (TPSA) is 12.0 Å². The molecule has 1 N–H and O–H groups in total. The van der Waals surface area contributed by atoms with Crippen LogP contribution in [0.5, 0.6) is 0 Å². The van der Waals surface area contributed by atoms with Gasteiger partial charge >= 0.3 is 0 Å². The van der Waals surface area contributed by atoms with E-state index in [-0.39, 0.29) is 5.41 Å². The van der Waals surface area contributed by atoms with Crippen LogP contribution in [0.2, 0.25) is 0 Å². The predicted octanol–water partition coefficient (Wildman–Crippen LogP) is 5.22. The Hall–Kier alpha value is -0.820. The van der Waals surface area contributed by atoms with Crippen molar-refractivity contribution in [3.63, 3.8) is 0 Å². The Labute approximate surface area is 125 Å². The first-order chi connectivity index (χ1) is 9.47. The zero-order chi connectivity index (χ0) is 14.6. The van der Waals surface area contributed by atoms with E-state index in [2.05, 4.69) is 57.3 Å². The molecular weight excluding hydrogens is 242 g/mol. The van der Waals surface area contributed by atoms with Crippen LogP contribution >= 0.6 is 0 Å². The first-order valence-electron chi connectivity index (χ1n) is 8.30. The van der Waals surface area contributed by atoms with Crippen molar-refractivity contribution in [2.75, 3.05) is 6.54 Å². The molecule has 1 aliphatic rings. The van der Waals surface area contributed by atoms with E-state index in [1.54, 1.807) is 0 Å². The number of nitrogens with one attached hydrogen (secondary N) is 1. The van der Waals surface area contributed by atoms with Crippen LogP contribution in [0.1, 0.15) is 77.0 Å². The fourth-order valence-corrected chi connectivity index (χ4v) is 3.19. The fourth-order valence-electron chi connectivity index (χ4n) is 3.19. The van der Waals surface area contributed by atoms with E-state index in [0.717, 1.165) is 12.5 Å². The van der Waals surface area contributed by atoms with Gasteiger partial charge in [-0.15, -0.1) is 0 Å². The highest BCUT2D eigenvalue weighted by Crippen LogP contribution is 2.27. The third-order valence-electron chi connectivity index (χ3n) is 4.75. The Morgan fingerprint density at radius 1 is 1.10 bits per heavy atom. The van der Waals surface area contributed by atoms with E-state index < -0.39 is 0 Å². The van der Waals surface area contributed by atoms with Gasteiger partial charge in [-0.05, 0) is 42.3 Å². The number of hydrogen-bond donors (Lipinski definition) is 1. The van der Waals surface area contributed by atoms with Crippen LogP contribution in [0.25, 0.3) is 0 Å².